The van der Waals surface area contributed by atoms with Gasteiger partial charge in [0.1, 0.15) is 11.6 Å². The molecule has 0 heterocycles. The van der Waals surface area contributed by atoms with Crippen LogP contribution in [0.2, 0.25) is 0 Å². The van der Waals surface area contributed by atoms with Crippen LogP contribution < -0.4 is 5.32 Å². The minimum absolute atomic E-state index is 0.0693. The molecule has 0 radical (unpaired) electrons. The summed E-state index contributed by atoms with van der Waals surface area (Å²) in [6.45, 7) is 1.76. The summed E-state index contributed by atoms with van der Waals surface area (Å²) in [6, 6.07) is 2.45. The van der Waals surface area contributed by atoms with Gasteiger partial charge in [-0.1, -0.05) is 13.3 Å². The van der Waals surface area contributed by atoms with E-state index in [9.17, 15) is 18.4 Å². The number of carboxylic acid groups (broad SMARTS) is 1. The Morgan fingerprint density at radius 3 is 2.32 bits per heavy atom. The highest BCUT2D eigenvalue weighted by Crippen LogP contribution is 2.09. The molecule has 0 saturated carbocycles. The van der Waals surface area contributed by atoms with Crippen LogP contribution in [0.1, 0.15) is 30.1 Å². The first-order valence-corrected chi connectivity index (χ1v) is 5.91. The topological polar surface area (TPSA) is 66.4 Å². The summed E-state index contributed by atoms with van der Waals surface area (Å²) in [4.78, 5) is 22.5. The van der Waals surface area contributed by atoms with Crippen molar-refractivity contribution in [1.82, 2.24) is 5.32 Å². The summed E-state index contributed by atoms with van der Waals surface area (Å²) in [6.07, 6.45) is 1.09. The smallest absolute Gasteiger partial charge is 0.308 e. The lowest BCUT2D eigenvalue weighted by Gasteiger charge is -2.12. The minimum Gasteiger partial charge on any atom is -0.481 e. The molecule has 0 saturated heterocycles. The van der Waals surface area contributed by atoms with E-state index in [0.717, 1.165) is 12.1 Å². The van der Waals surface area contributed by atoms with Crippen molar-refractivity contribution in [3.8, 4) is 0 Å². The van der Waals surface area contributed by atoms with E-state index in [0.29, 0.717) is 18.9 Å². The molecule has 2 N–H and O–H groups in total. The SMILES string of the molecule is CCCC(CNC(=O)c1cc(F)cc(F)c1)C(=O)O. The van der Waals surface area contributed by atoms with E-state index >= 15 is 0 Å². The fraction of sp³-hybridized carbons (Fsp3) is 0.385. The van der Waals surface area contributed by atoms with Gasteiger partial charge in [0.25, 0.3) is 5.91 Å². The van der Waals surface area contributed by atoms with E-state index in [4.69, 9.17) is 5.11 Å². The van der Waals surface area contributed by atoms with Gasteiger partial charge in [0.2, 0.25) is 0 Å². The molecule has 6 heteroatoms. The number of amides is 1. The maximum absolute atomic E-state index is 12.9. The predicted molar refractivity (Wildman–Crippen MR) is 64.7 cm³/mol. The predicted octanol–water partition coefficient (Wildman–Crippen LogP) is 2.20. The lowest BCUT2D eigenvalue weighted by Crippen LogP contribution is -2.33. The van der Waals surface area contributed by atoms with Gasteiger partial charge >= 0.3 is 5.97 Å². The summed E-state index contributed by atoms with van der Waals surface area (Å²) in [7, 11) is 0. The van der Waals surface area contributed by atoms with Crippen LogP contribution in [0, 0.1) is 17.6 Å². The van der Waals surface area contributed by atoms with Gasteiger partial charge in [0, 0.05) is 18.2 Å². The zero-order chi connectivity index (χ0) is 14.4. The third-order valence-electron chi connectivity index (χ3n) is 2.62. The normalized spacial score (nSPS) is 11.9. The lowest BCUT2D eigenvalue weighted by molar-refractivity contribution is -0.141. The van der Waals surface area contributed by atoms with Crippen molar-refractivity contribution >= 4 is 11.9 Å². The number of nitrogens with one attached hydrogen (secondary N) is 1. The van der Waals surface area contributed by atoms with Gasteiger partial charge in [0.15, 0.2) is 0 Å². The standard InChI is InChI=1S/C13H15F2NO3/c1-2-3-8(13(18)19)7-16-12(17)9-4-10(14)6-11(15)5-9/h4-6,8H,2-3,7H2,1H3,(H,16,17)(H,18,19). The van der Waals surface area contributed by atoms with Crippen LogP contribution in [0.3, 0.4) is 0 Å². The Kier molecular flexibility index (Phi) is 5.41. The Labute approximate surface area is 109 Å². The van der Waals surface area contributed by atoms with Gasteiger partial charge in [-0.15, -0.1) is 0 Å². The van der Waals surface area contributed by atoms with E-state index in [1.165, 1.54) is 0 Å². The second kappa shape index (κ2) is 6.82. The Hall–Kier alpha value is -1.98. The molecule has 0 aromatic heterocycles. The molecule has 0 bridgehead atoms. The van der Waals surface area contributed by atoms with Crippen molar-refractivity contribution in [3.05, 3.63) is 35.4 Å². The van der Waals surface area contributed by atoms with Crippen LogP contribution in [0.25, 0.3) is 0 Å². The molecule has 1 aromatic carbocycles. The first kappa shape index (κ1) is 15.1. The first-order chi connectivity index (χ1) is 8.93. The molecule has 104 valence electrons. The molecule has 0 fully saturated rings. The molecule has 19 heavy (non-hydrogen) atoms. The number of aliphatic carboxylic acids is 1. The van der Waals surface area contributed by atoms with Gasteiger partial charge in [-0.05, 0) is 18.6 Å². The number of hydrogen-bond donors (Lipinski definition) is 2. The number of carbonyl (C=O) groups excluding carboxylic acids is 1. The summed E-state index contributed by atoms with van der Waals surface area (Å²) in [5, 5.41) is 11.3. The van der Waals surface area contributed by atoms with E-state index < -0.39 is 29.4 Å². The van der Waals surface area contributed by atoms with E-state index in [-0.39, 0.29) is 12.1 Å². The summed E-state index contributed by atoms with van der Waals surface area (Å²) in [5.74, 6) is -4.11. The van der Waals surface area contributed by atoms with Crippen LogP contribution in [0.15, 0.2) is 18.2 Å². The molecule has 1 rings (SSSR count). The number of carbonyl (C=O) groups is 2. The fourth-order valence-electron chi connectivity index (χ4n) is 1.66. The lowest BCUT2D eigenvalue weighted by atomic mass is 10.0. The maximum atomic E-state index is 12.9. The highest BCUT2D eigenvalue weighted by atomic mass is 19.1. The molecule has 1 aromatic rings. The Balaban J connectivity index is 2.66. The third kappa shape index (κ3) is 4.65. The molecule has 0 aliphatic rings. The zero-order valence-electron chi connectivity index (χ0n) is 10.5. The Bertz CT molecular complexity index is 457. The van der Waals surface area contributed by atoms with Crippen molar-refractivity contribution < 1.29 is 23.5 Å². The summed E-state index contributed by atoms with van der Waals surface area (Å²) >= 11 is 0. The molecule has 0 aliphatic heterocycles. The highest BCUT2D eigenvalue weighted by molar-refractivity contribution is 5.94. The maximum Gasteiger partial charge on any atom is 0.308 e. The van der Waals surface area contributed by atoms with Crippen molar-refractivity contribution in [1.29, 1.82) is 0 Å². The monoisotopic (exact) mass is 271 g/mol. The minimum atomic E-state index is -1.01. The number of rotatable bonds is 6. The van der Waals surface area contributed by atoms with Crippen LogP contribution >= 0.6 is 0 Å². The molecule has 0 aliphatic carbocycles. The summed E-state index contributed by atoms with van der Waals surface area (Å²) in [5.41, 5.74) is -0.168. The van der Waals surface area contributed by atoms with E-state index in [1.54, 1.807) is 0 Å². The molecule has 1 unspecified atom stereocenters. The van der Waals surface area contributed by atoms with Gasteiger partial charge in [-0.2, -0.15) is 0 Å². The molecule has 4 nitrogen and oxygen atoms in total. The van der Waals surface area contributed by atoms with Crippen LogP contribution in [0.5, 0.6) is 0 Å². The Morgan fingerprint density at radius 1 is 1.26 bits per heavy atom. The number of benzene rings is 1. The van der Waals surface area contributed by atoms with Crippen LogP contribution in [0.4, 0.5) is 8.78 Å². The largest absolute Gasteiger partial charge is 0.481 e. The van der Waals surface area contributed by atoms with Crippen molar-refractivity contribution in [2.24, 2.45) is 5.92 Å². The van der Waals surface area contributed by atoms with Gasteiger partial charge in [0.05, 0.1) is 5.92 Å². The molecular formula is C13H15F2NO3. The average Bonchev–Trinajstić information content (AvgIpc) is 2.32. The number of carboxylic acids is 1. The van der Waals surface area contributed by atoms with E-state index in [1.807, 2.05) is 6.92 Å². The van der Waals surface area contributed by atoms with E-state index in [2.05, 4.69) is 5.32 Å². The van der Waals surface area contributed by atoms with Crippen LogP contribution in [-0.2, 0) is 4.79 Å². The zero-order valence-corrected chi connectivity index (χ0v) is 10.5. The molecule has 1 amide bonds. The summed E-state index contributed by atoms with van der Waals surface area (Å²) < 4.78 is 25.8. The molecule has 0 spiro atoms. The number of halogens is 2. The quantitative estimate of drug-likeness (QED) is 0.833. The van der Waals surface area contributed by atoms with Gasteiger partial charge in [-0.25, -0.2) is 8.78 Å². The molecular weight excluding hydrogens is 256 g/mol. The molecule has 1 atom stereocenters. The fourth-order valence-corrected chi connectivity index (χ4v) is 1.66. The van der Waals surface area contributed by atoms with Crippen molar-refractivity contribution in [2.45, 2.75) is 19.8 Å². The second-order valence-corrected chi connectivity index (χ2v) is 4.19. The van der Waals surface area contributed by atoms with Crippen molar-refractivity contribution in [3.63, 3.8) is 0 Å². The highest BCUT2D eigenvalue weighted by Gasteiger charge is 2.18. The second-order valence-electron chi connectivity index (χ2n) is 4.19. The third-order valence-corrected chi connectivity index (χ3v) is 2.62. The Morgan fingerprint density at radius 2 is 1.84 bits per heavy atom. The van der Waals surface area contributed by atoms with Gasteiger partial charge < -0.3 is 10.4 Å². The van der Waals surface area contributed by atoms with Crippen LogP contribution in [-0.4, -0.2) is 23.5 Å². The average molecular weight is 271 g/mol. The number of hydrogen-bond acceptors (Lipinski definition) is 2. The van der Waals surface area contributed by atoms with Crippen molar-refractivity contribution in [2.75, 3.05) is 6.54 Å². The van der Waals surface area contributed by atoms with Gasteiger partial charge in [-0.3, -0.25) is 9.59 Å². The first-order valence-electron chi connectivity index (χ1n) is 5.91.